The SMILES string of the molecule is CNC(=O)Nc1cccc(-c2cnc3cc(-c4cccc(C(=O)O)c4C)cnn23)c1. The van der Waals surface area contributed by atoms with Gasteiger partial charge in [0.2, 0.25) is 0 Å². The van der Waals surface area contributed by atoms with E-state index in [1.54, 1.807) is 49.1 Å². The van der Waals surface area contributed by atoms with Gasteiger partial charge in [0, 0.05) is 23.9 Å². The lowest BCUT2D eigenvalue weighted by atomic mass is 9.98. The molecule has 0 spiro atoms. The molecule has 0 aliphatic heterocycles. The first-order chi connectivity index (χ1) is 14.5. The Kier molecular flexibility index (Phi) is 4.89. The summed E-state index contributed by atoms with van der Waals surface area (Å²) in [5.74, 6) is -0.961. The van der Waals surface area contributed by atoms with E-state index < -0.39 is 5.97 Å². The summed E-state index contributed by atoms with van der Waals surface area (Å²) in [6.45, 7) is 1.78. The molecule has 2 heterocycles. The Bertz CT molecular complexity index is 1280. The van der Waals surface area contributed by atoms with Gasteiger partial charge in [-0.1, -0.05) is 24.3 Å². The summed E-state index contributed by atoms with van der Waals surface area (Å²) < 4.78 is 1.71. The zero-order valence-corrected chi connectivity index (χ0v) is 16.4. The molecule has 2 amide bonds. The van der Waals surface area contributed by atoms with Gasteiger partial charge in [0.1, 0.15) is 0 Å². The third-order valence-electron chi connectivity index (χ3n) is 4.88. The van der Waals surface area contributed by atoms with Crippen LogP contribution in [0.5, 0.6) is 0 Å². The minimum atomic E-state index is -0.961. The van der Waals surface area contributed by atoms with E-state index in [0.29, 0.717) is 16.9 Å². The molecular formula is C22H19N5O3. The van der Waals surface area contributed by atoms with E-state index in [4.69, 9.17) is 0 Å². The van der Waals surface area contributed by atoms with Crippen molar-refractivity contribution in [2.24, 2.45) is 0 Å². The number of urea groups is 1. The third kappa shape index (κ3) is 3.46. The molecule has 0 saturated heterocycles. The van der Waals surface area contributed by atoms with Gasteiger partial charge >= 0.3 is 12.0 Å². The van der Waals surface area contributed by atoms with Gasteiger partial charge in [-0.2, -0.15) is 5.10 Å². The number of carboxylic acid groups (broad SMARTS) is 1. The highest BCUT2D eigenvalue weighted by Gasteiger charge is 2.14. The number of carboxylic acids is 1. The number of fused-ring (bicyclic) bond motifs is 1. The zero-order chi connectivity index (χ0) is 21.3. The zero-order valence-electron chi connectivity index (χ0n) is 16.4. The second-order valence-electron chi connectivity index (χ2n) is 6.73. The lowest BCUT2D eigenvalue weighted by Crippen LogP contribution is -2.24. The van der Waals surface area contributed by atoms with E-state index in [2.05, 4.69) is 20.7 Å². The summed E-state index contributed by atoms with van der Waals surface area (Å²) in [5.41, 5.74) is 5.43. The molecule has 0 unspecified atom stereocenters. The Morgan fingerprint density at radius 3 is 2.60 bits per heavy atom. The minimum absolute atomic E-state index is 0.261. The number of rotatable bonds is 4. The summed E-state index contributed by atoms with van der Waals surface area (Å²) in [7, 11) is 1.55. The van der Waals surface area contributed by atoms with Gasteiger partial charge in [-0.25, -0.2) is 19.1 Å². The van der Waals surface area contributed by atoms with E-state index in [1.165, 1.54) is 0 Å². The number of hydrogen-bond acceptors (Lipinski definition) is 4. The number of aromatic carboxylic acids is 1. The molecule has 8 heteroatoms. The number of imidazole rings is 1. The molecule has 0 radical (unpaired) electrons. The van der Waals surface area contributed by atoms with Crippen LogP contribution in [0.3, 0.4) is 0 Å². The number of amides is 2. The van der Waals surface area contributed by atoms with Crippen molar-refractivity contribution in [3.63, 3.8) is 0 Å². The number of anilines is 1. The predicted molar refractivity (Wildman–Crippen MR) is 114 cm³/mol. The minimum Gasteiger partial charge on any atom is -0.478 e. The summed E-state index contributed by atoms with van der Waals surface area (Å²) in [6, 6.07) is 14.1. The van der Waals surface area contributed by atoms with Crippen LogP contribution >= 0.6 is 0 Å². The van der Waals surface area contributed by atoms with Gasteiger partial charge in [0.05, 0.1) is 23.7 Å². The fourth-order valence-corrected chi connectivity index (χ4v) is 3.35. The normalized spacial score (nSPS) is 10.7. The highest BCUT2D eigenvalue weighted by atomic mass is 16.4. The molecule has 30 heavy (non-hydrogen) atoms. The van der Waals surface area contributed by atoms with Gasteiger partial charge in [-0.05, 0) is 42.3 Å². The average Bonchev–Trinajstić information content (AvgIpc) is 3.17. The largest absolute Gasteiger partial charge is 0.478 e. The standard InChI is InChI=1S/C22H19N5O3/c1-13-17(7-4-8-18(13)21(28)29)15-10-20-24-12-19(27(20)25-11-15)14-5-3-6-16(9-14)26-22(30)23-2/h3-12H,1-2H3,(H,28,29)(H2,23,26,30). The third-order valence-corrected chi connectivity index (χ3v) is 4.88. The number of hydrogen-bond donors (Lipinski definition) is 3. The van der Waals surface area contributed by atoms with Crippen molar-refractivity contribution in [2.45, 2.75) is 6.92 Å². The maximum atomic E-state index is 11.6. The van der Waals surface area contributed by atoms with Crippen molar-refractivity contribution in [3.05, 3.63) is 72.1 Å². The number of carbonyl (C=O) groups excluding carboxylic acids is 1. The van der Waals surface area contributed by atoms with E-state index in [1.807, 2.05) is 30.3 Å². The number of benzene rings is 2. The molecule has 150 valence electrons. The van der Waals surface area contributed by atoms with Gasteiger partial charge in [0.25, 0.3) is 0 Å². The predicted octanol–water partition coefficient (Wildman–Crippen LogP) is 3.82. The Morgan fingerprint density at radius 2 is 1.83 bits per heavy atom. The number of nitrogens with one attached hydrogen (secondary N) is 2. The van der Waals surface area contributed by atoms with E-state index in [9.17, 15) is 14.7 Å². The van der Waals surface area contributed by atoms with Crippen molar-refractivity contribution in [3.8, 4) is 22.4 Å². The Morgan fingerprint density at radius 1 is 1.03 bits per heavy atom. The Labute approximate surface area is 172 Å². The fourth-order valence-electron chi connectivity index (χ4n) is 3.35. The molecule has 0 bridgehead atoms. The average molecular weight is 401 g/mol. The topological polar surface area (TPSA) is 109 Å². The van der Waals surface area contributed by atoms with Crippen LogP contribution in [-0.4, -0.2) is 38.8 Å². The molecular weight excluding hydrogens is 382 g/mol. The van der Waals surface area contributed by atoms with E-state index >= 15 is 0 Å². The van der Waals surface area contributed by atoms with E-state index in [0.717, 1.165) is 22.4 Å². The molecule has 3 N–H and O–H groups in total. The van der Waals surface area contributed by atoms with Gasteiger partial charge in [-0.3, -0.25) is 0 Å². The Balaban J connectivity index is 1.74. The van der Waals surface area contributed by atoms with Crippen LogP contribution in [0.4, 0.5) is 10.5 Å². The van der Waals surface area contributed by atoms with Crippen LogP contribution in [0.15, 0.2) is 60.9 Å². The molecule has 4 aromatic rings. The quantitative estimate of drug-likeness (QED) is 0.482. The molecule has 2 aromatic heterocycles. The first kappa shape index (κ1) is 19.1. The van der Waals surface area contributed by atoms with Crippen LogP contribution in [0.1, 0.15) is 15.9 Å². The molecule has 2 aromatic carbocycles. The molecule has 0 fully saturated rings. The van der Waals surface area contributed by atoms with Crippen LogP contribution in [0, 0.1) is 6.92 Å². The summed E-state index contributed by atoms with van der Waals surface area (Å²) >= 11 is 0. The smallest absolute Gasteiger partial charge is 0.335 e. The number of nitrogens with zero attached hydrogens (tertiary/aromatic N) is 3. The second kappa shape index (κ2) is 7.67. The first-order valence-corrected chi connectivity index (χ1v) is 9.24. The first-order valence-electron chi connectivity index (χ1n) is 9.24. The van der Waals surface area contributed by atoms with Crippen LogP contribution < -0.4 is 10.6 Å². The number of aromatic nitrogens is 3. The lowest BCUT2D eigenvalue weighted by Gasteiger charge is -2.09. The summed E-state index contributed by atoms with van der Waals surface area (Å²) in [5, 5.41) is 19.2. The van der Waals surface area contributed by atoms with Gasteiger partial charge in [0.15, 0.2) is 5.65 Å². The maximum absolute atomic E-state index is 11.6. The molecule has 0 aliphatic rings. The maximum Gasteiger partial charge on any atom is 0.335 e. The van der Waals surface area contributed by atoms with Crippen molar-refractivity contribution in [1.29, 1.82) is 0 Å². The summed E-state index contributed by atoms with van der Waals surface area (Å²) in [6.07, 6.45) is 3.41. The highest BCUT2D eigenvalue weighted by Crippen LogP contribution is 2.28. The number of carbonyl (C=O) groups is 2. The monoisotopic (exact) mass is 401 g/mol. The molecule has 0 aliphatic carbocycles. The fraction of sp³-hybridized carbons (Fsp3) is 0.0909. The van der Waals surface area contributed by atoms with Crippen molar-refractivity contribution >= 4 is 23.3 Å². The molecule has 0 atom stereocenters. The van der Waals surface area contributed by atoms with Crippen LogP contribution in [0.25, 0.3) is 28.0 Å². The van der Waals surface area contributed by atoms with Crippen molar-refractivity contribution in [2.75, 3.05) is 12.4 Å². The van der Waals surface area contributed by atoms with Crippen LogP contribution in [0.2, 0.25) is 0 Å². The van der Waals surface area contributed by atoms with Crippen LogP contribution in [-0.2, 0) is 0 Å². The molecule has 0 saturated carbocycles. The molecule has 4 rings (SSSR count). The van der Waals surface area contributed by atoms with Gasteiger partial charge in [-0.15, -0.1) is 0 Å². The second-order valence-corrected chi connectivity index (χ2v) is 6.73. The summed E-state index contributed by atoms with van der Waals surface area (Å²) in [4.78, 5) is 27.5. The van der Waals surface area contributed by atoms with E-state index in [-0.39, 0.29) is 11.6 Å². The lowest BCUT2D eigenvalue weighted by molar-refractivity contribution is 0.0696. The van der Waals surface area contributed by atoms with Crippen molar-refractivity contribution < 1.29 is 14.7 Å². The Hall–Kier alpha value is -4.20. The van der Waals surface area contributed by atoms with Crippen molar-refractivity contribution in [1.82, 2.24) is 19.9 Å². The molecule has 8 nitrogen and oxygen atoms in total. The van der Waals surface area contributed by atoms with Gasteiger partial charge < -0.3 is 15.7 Å². The highest BCUT2D eigenvalue weighted by molar-refractivity contribution is 5.92.